The zero-order chi connectivity index (χ0) is 17.1. The van der Waals surface area contributed by atoms with Gasteiger partial charge < -0.3 is 10.4 Å². The van der Waals surface area contributed by atoms with Gasteiger partial charge >= 0.3 is 5.97 Å². The van der Waals surface area contributed by atoms with Gasteiger partial charge in [-0.3, -0.25) is 9.48 Å². The highest BCUT2D eigenvalue weighted by molar-refractivity contribution is 6.33. The molecule has 0 spiro atoms. The largest absolute Gasteiger partial charge is 0.479 e. The van der Waals surface area contributed by atoms with E-state index in [0.717, 1.165) is 6.07 Å². The number of hydrogen-bond donors (Lipinski definition) is 2. The molecule has 1 atom stereocenters. The summed E-state index contributed by atoms with van der Waals surface area (Å²) in [7, 11) is 0. The number of halogens is 2. The van der Waals surface area contributed by atoms with Gasteiger partial charge in [0.2, 0.25) is 0 Å². The summed E-state index contributed by atoms with van der Waals surface area (Å²) in [5.74, 6) is -2.37. The van der Waals surface area contributed by atoms with E-state index in [1.165, 1.54) is 29.9 Å². The van der Waals surface area contributed by atoms with Gasteiger partial charge in [-0.2, -0.15) is 5.10 Å². The fourth-order valence-corrected chi connectivity index (χ4v) is 2.39. The standard InChI is InChI=1S/C15H15ClFN3O3/c1-3-20-13(10(16)7-18-20)14(21)19-12(15(22)23)9-4-5-11(17)8(2)6-9/h4-7,12H,3H2,1-2H3,(H,19,21)(H,22,23). The van der Waals surface area contributed by atoms with E-state index in [1.807, 2.05) is 0 Å². The third-order valence-electron chi connectivity index (χ3n) is 3.35. The number of rotatable bonds is 5. The second-order valence-corrected chi connectivity index (χ2v) is 5.32. The maximum absolute atomic E-state index is 13.3. The van der Waals surface area contributed by atoms with Gasteiger partial charge in [-0.25, -0.2) is 9.18 Å². The van der Waals surface area contributed by atoms with Crippen LogP contribution in [0.4, 0.5) is 4.39 Å². The van der Waals surface area contributed by atoms with Crippen molar-refractivity contribution < 1.29 is 19.1 Å². The molecule has 0 saturated carbocycles. The molecule has 2 rings (SSSR count). The molecule has 0 aliphatic rings. The van der Waals surface area contributed by atoms with Crippen LogP contribution in [0.15, 0.2) is 24.4 Å². The lowest BCUT2D eigenvalue weighted by Crippen LogP contribution is -2.35. The number of aliphatic carboxylic acids is 1. The van der Waals surface area contributed by atoms with Crippen LogP contribution < -0.4 is 5.32 Å². The van der Waals surface area contributed by atoms with E-state index in [-0.39, 0.29) is 16.3 Å². The highest BCUT2D eigenvalue weighted by atomic mass is 35.5. The van der Waals surface area contributed by atoms with Gasteiger partial charge in [0.15, 0.2) is 6.04 Å². The molecule has 0 bridgehead atoms. The first kappa shape index (κ1) is 17.0. The van der Waals surface area contributed by atoms with Crippen molar-refractivity contribution in [2.45, 2.75) is 26.4 Å². The second-order valence-electron chi connectivity index (χ2n) is 4.91. The molecule has 1 aromatic heterocycles. The van der Waals surface area contributed by atoms with Gasteiger partial charge in [0.05, 0.1) is 11.2 Å². The number of carboxylic acid groups (broad SMARTS) is 1. The molecule has 2 aromatic rings. The van der Waals surface area contributed by atoms with Crippen LogP contribution in [-0.4, -0.2) is 26.8 Å². The van der Waals surface area contributed by atoms with Gasteiger partial charge in [-0.15, -0.1) is 0 Å². The van der Waals surface area contributed by atoms with Crippen molar-refractivity contribution in [3.63, 3.8) is 0 Å². The van der Waals surface area contributed by atoms with Gasteiger partial charge in [0.25, 0.3) is 5.91 Å². The number of benzene rings is 1. The summed E-state index contributed by atoms with van der Waals surface area (Å²) in [5.41, 5.74) is 0.641. The van der Waals surface area contributed by atoms with Crippen molar-refractivity contribution in [1.82, 2.24) is 15.1 Å². The third kappa shape index (κ3) is 3.50. The van der Waals surface area contributed by atoms with Crippen LogP contribution in [-0.2, 0) is 11.3 Å². The van der Waals surface area contributed by atoms with Gasteiger partial charge in [-0.05, 0) is 31.0 Å². The number of amides is 1. The summed E-state index contributed by atoms with van der Waals surface area (Å²) < 4.78 is 14.7. The van der Waals surface area contributed by atoms with Crippen molar-refractivity contribution in [2.24, 2.45) is 0 Å². The Morgan fingerprint density at radius 2 is 2.17 bits per heavy atom. The zero-order valence-corrected chi connectivity index (χ0v) is 13.3. The summed E-state index contributed by atoms with van der Waals surface area (Å²) in [5, 5.41) is 15.8. The van der Waals surface area contributed by atoms with Crippen molar-refractivity contribution in [1.29, 1.82) is 0 Å². The summed E-state index contributed by atoms with van der Waals surface area (Å²) >= 11 is 5.93. The summed E-state index contributed by atoms with van der Waals surface area (Å²) in [4.78, 5) is 23.8. The lowest BCUT2D eigenvalue weighted by molar-refractivity contribution is -0.139. The third-order valence-corrected chi connectivity index (χ3v) is 3.62. The van der Waals surface area contributed by atoms with Gasteiger partial charge in [-0.1, -0.05) is 23.7 Å². The number of carbonyl (C=O) groups is 2. The molecule has 122 valence electrons. The topological polar surface area (TPSA) is 84.2 Å². The van der Waals surface area contributed by atoms with Crippen LogP contribution in [0.5, 0.6) is 0 Å². The van der Waals surface area contributed by atoms with Crippen LogP contribution in [0.25, 0.3) is 0 Å². The average molecular weight is 340 g/mol. The quantitative estimate of drug-likeness (QED) is 0.876. The van der Waals surface area contributed by atoms with E-state index in [1.54, 1.807) is 6.92 Å². The monoisotopic (exact) mass is 339 g/mol. The number of nitrogens with zero attached hydrogens (tertiary/aromatic N) is 2. The molecule has 1 aromatic carbocycles. The summed E-state index contributed by atoms with van der Waals surface area (Å²) in [6, 6.07) is 2.54. The highest BCUT2D eigenvalue weighted by Crippen LogP contribution is 2.20. The molecule has 1 unspecified atom stereocenters. The molecule has 1 amide bonds. The van der Waals surface area contributed by atoms with E-state index in [2.05, 4.69) is 10.4 Å². The first-order valence-electron chi connectivity index (χ1n) is 6.86. The first-order valence-corrected chi connectivity index (χ1v) is 7.24. The predicted octanol–water partition coefficient (Wildman–Crippen LogP) is 2.56. The Bertz CT molecular complexity index is 760. The van der Waals surface area contributed by atoms with E-state index in [4.69, 9.17) is 11.6 Å². The molecule has 23 heavy (non-hydrogen) atoms. The molecule has 1 heterocycles. The number of aryl methyl sites for hydroxylation is 2. The normalized spacial score (nSPS) is 12.0. The van der Waals surface area contributed by atoms with Crippen molar-refractivity contribution in [2.75, 3.05) is 0 Å². The Hall–Kier alpha value is -2.41. The molecular weight excluding hydrogens is 325 g/mol. The van der Waals surface area contributed by atoms with Crippen LogP contribution in [0.3, 0.4) is 0 Å². The van der Waals surface area contributed by atoms with Crippen molar-refractivity contribution in [3.8, 4) is 0 Å². The lowest BCUT2D eigenvalue weighted by Gasteiger charge is -2.16. The van der Waals surface area contributed by atoms with E-state index in [0.29, 0.717) is 12.1 Å². The Morgan fingerprint density at radius 1 is 1.48 bits per heavy atom. The summed E-state index contributed by atoms with van der Waals surface area (Å²) in [6.07, 6.45) is 1.32. The highest BCUT2D eigenvalue weighted by Gasteiger charge is 2.26. The maximum Gasteiger partial charge on any atom is 0.330 e. The molecule has 0 aliphatic carbocycles. The van der Waals surface area contributed by atoms with Gasteiger partial charge in [0, 0.05) is 6.54 Å². The molecule has 0 aliphatic heterocycles. The molecular formula is C15H15ClFN3O3. The minimum atomic E-state index is -1.32. The lowest BCUT2D eigenvalue weighted by atomic mass is 10.0. The number of nitrogens with one attached hydrogen (secondary N) is 1. The van der Waals surface area contributed by atoms with E-state index < -0.39 is 23.7 Å². The molecule has 8 heteroatoms. The van der Waals surface area contributed by atoms with Crippen LogP contribution in [0, 0.1) is 12.7 Å². The van der Waals surface area contributed by atoms with Crippen LogP contribution in [0.1, 0.15) is 34.6 Å². The Kier molecular flexibility index (Phi) is 5.00. The fourth-order valence-electron chi connectivity index (χ4n) is 2.16. The van der Waals surface area contributed by atoms with Crippen molar-refractivity contribution in [3.05, 3.63) is 52.1 Å². The first-order chi connectivity index (χ1) is 10.8. The Balaban J connectivity index is 2.32. The van der Waals surface area contributed by atoms with Crippen LogP contribution in [0.2, 0.25) is 5.02 Å². The number of carboxylic acids is 1. The Morgan fingerprint density at radius 3 is 2.74 bits per heavy atom. The minimum Gasteiger partial charge on any atom is -0.479 e. The smallest absolute Gasteiger partial charge is 0.330 e. The molecule has 6 nitrogen and oxygen atoms in total. The summed E-state index contributed by atoms with van der Waals surface area (Å²) in [6.45, 7) is 3.70. The Labute approximate surface area is 136 Å². The molecule has 2 N–H and O–H groups in total. The van der Waals surface area contributed by atoms with E-state index in [9.17, 15) is 19.1 Å². The number of carbonyl (C=O) groups excluding carboxylic acids is 1. The van der Waals surface area contributed by atoms with E-state index >= 15 is 0 Å². The second kappa shape index (κ2) is 6.78. The SMILES string of the molecule is CCn1ncc(Cl)c1C(=O)NC(C(=O)O)c1ccc(F)c(C)c1. The average Bonchev–Trinajstić information content (AvgIpc) is 2.88. The number of aromatic nitrogens is 2. The fraction of sp³-hybridized carbons (Fsp3) is 0.267. The maximum atomic E-state index is 13.3. The van der Waals surface area contributed by atoms with Crippen LogP contribution >= 0.6 is 11.6 Å². The minimum absolute atomic E-state index is 0.0826. The molecule has 0 radical (unpaired) electrons. The predicted molar refractivity (Wildman–Crippen MR) is 81.9 cm³/mol. The molecule has 0 fully saturated rings. The zero-order valence-electron chi connectivity index (χ0n) is 12.5. The van der Waals surface area contributed by atoms with Crippen molar-refractivity contribution >= 4 is 23.5 Å². The van der Waals surface area contributed by atoms with Gasteiger partial charge in [0.1, 0.15) is 11.5 Å². The molecule has 0 saturated heterocycles. The number of hydrogen-bond acceptors (Lipinski definition) is 3.